The van der Waals surface area contributed by atoms with Crippen molar-refractivity contribution in [2.24, 2.45) is 17.0 Å². The maximum absolute atomic E-state index is 9.16. The lowest BCUT2D eigenvalue weighted by Crippen LogP contribution is -2.27. The first-order valence-corrected chi connectivity index (χ1v) is 5.95. The number of fused-ring (bicyclic) bond motifs is 2. The lowest BCUT2D eigenvalue weighted by Gasteiger charge is -2.24. The van der Waals surface area contributed by atoms with Crippen molar-refractivity contribution in [3.8, 4) is 0 Å². The number of aryl methyl sites for hydroxylation is 2. The highest BCUT2D eigenvalue weighted by atomic mass is 16.4. The first kappa shape index (κ1) is 9.87. The highest BCUT2D eigenvalue weighted by molar-refractivity contribution is 5.93. The van der Waals surface area contributed by atoms with Crippen LogP contribution >= 0.6 is 0 Å². The molecule has 3 atom stereocenters. The van der Waals surface area contributed by atoms with E-state index in [2.05, 4.69) is 23.2 Å². The summed E-state index contributed by atoms with van der Waals surface area (Å²) in [7, 11) is 0. The molecule has 1 N–H and O–H groups in total. The van der Waals surface area contributed by atoms with E-state index in [-0.39, 0.29) is 6.04 Å². The summed E-state index contributed by atoms with van der Waals surface area (Å²) < 4.78 is 2.05. The van der Waals surface area contributed by atoms with Gasteiger partial charge in [0.1, 0.15) is 0 Å². The second-order valence-corrected chi connectivity index (χ2v) is 5.11. The van der Waals surface area contributed by atoms with Gasteiger partial charge in [-0.15, -0.1) is 0 Å². The number of hydrogen-bond acceptors (Lipinski definition) is 3. The van der Waals surface area contributed by atoms with Gasteiger partial charge in [0, 0.05) is 11.6 Å². The Kier molecular flexibility index (Phi) is 2.06. The predicted molar refractivity (Wildman–Crippen MR) is 60.8 cm³/mol. The molecule has 0 unspecified atom stereocenters. The van der Waals surface area contributed by atoms with Crippen molar-refractivity contribution in [1.29, 1.82) is 0 Å². The van der Waals surface area contributed by atoms with Gasteiger partial charge in [0.25, 0.3) is 0 Å². The molecule has 2 saturated carbocycles. The van der Waals surface area contributed by atoms with Crippen molar-refractivity contribution >= 4 is 5.71 Å². The Bertz CT molecular complexity index is 449. The molecule has 86 valence electrons. The van der Waals surface area contributed by atoms with Crippen LogP contribution < -0.4 is 0 Å². The zero-order valence-electron chi connectivity index (χ0n) is 9.72. The minimum absolute atomic E-state index is 0.206. The molecule has 1 aromatic rings. The van der Waals surface area contributed by atoms with E-state index in [4.69, 9.17) is 5.21 Å². The molecule has 1 heterocycles. The maximum atomic E-state index is 9.16. The molecule has 1 aromatic heterocycles. The van der Waals surface area contributed by atoms with Crippen molar-refractivity contribution in [3.05, 3.63) is 17.5 Å². The van der Waals surface area contributed by atoms with Gasteiger partial charge in [-0.3, -0.25) is 4.68 Å². The third-order valence-electron chi connectivity index (χ3n) is 4.06. The predicted octanol–water partition coefficient (Wildman–Crippen LogP) is 2.30. The van der Waals surface area contributed by atoms with Gasteiger partial charge in [0.15, 0.2) is 0 Å². The molecule has 0 amide bonds. The Morgan fingerprint density at radius 1 is 1.44 bits per heavy atom. The summed E-state index contributed by atoms with van der Waals surface area (Å²) in [6, 6.07) is 2.29. The normalized spacial score (nSPS) is 35.1. The molecule has 0 saturated heterocycles. The fourth-order valence-electron chi connectivity index (χ4n) is 3.45. The lowest BCUT2D eigenvalue weighted by atomic mass is 9.93. The molecule has 0 aromatic carbocycles. The van der Waals surface area contributed by atoms with Gasteiger partial charge in [0.2, 0.25) is 0 Å². The molecular weight excluding hydrogens is 202 g/mol. The fourth-order valence-corrected chi connectivity index (χ4v) is 3.45. The molecule has 2 aliphatic rings. The van der Waals surface area contributed by atoms with Crippen molar-refractivity contribution in [3.63, 3.8) is 0 Å². The molecule has 2 bridgehead atoms. The van der Waals surface area contributed by atoms with Crippen LogP contribution in [-0.4, -0.2) is 20.7 Å². The zero-order valence-corrected chi connectivity index (χ0v) is 9.72. The number of oxime groups is 1. The van der Waals surface area contributed by atoms with Gasteiger partial charge in [-0.25, -0.2) is 0 Å². The third kappa shape index (κ3) is 1.22. The molecule has 3 rings (SSSR count). The van der Waals surface area contributed by atoms with E-state index < -0.39 is 0 Å². The summed E-state index contributed by atoms with van der Waals surface area (Å²) in [4.78, 5) is 0. The van der Waals surface area contributed by atoms with E-state index in [1.165, 1.54) is 19.3 Å². The average molecular weight is 219 g/mol. The van der Waals surface area contributed by atoms with Crippen LogP contribution in [0.15, 0.2) is 11.2 Å². The summed E-state index contributed by atoms with van der Waals surface area (Å²) in [5, 5.41) is 17.2. The molecule has 16 heavy (non-hydrogen) atoms. The quantitative estimate of drug-likeness (QED) is 0.582. The van der Waals surface area contributed by atoms with Crippen molar-refractivity contribution in [1.82, 2.24) is 9.78 Å². The van der Waals surface area contributed by atoms with Gasteiger partial charge in [-0.2, -0.15) is 5.10 Å². The third-order valence-corrected chi connectivity index (χ3v) is 4.06. The number of hydrogen-bond donors (Lipinski definition) is 1. The number of rotatable bonds is 1. The minimum atomic E-state index is 0.206. The van der Waals surface area contributed by atoms with Crippen LogP contribution in [-0.2, 0) is 0 Å². The molecule has 4 nitrogen and oxygen atoms in total. The molecular formula is C12H17N3O. The maximum Gasteiger partial charge on any atom is 0.0967 e. The molecule has 0 aliphatic heterocycles. The van der Waals surface area contributed by atoms with E-state index in [9.17, 15) is 0 Å². The monoisotopic (exact) mass is 219 g/mol. The molecule has 4 heteroatoms. The Hall–Kier alpha value is -1.32. The first-order valence-electron chi connectivity index (χ1n) is 5.95. The minimum Gasteiger partial charge on any atom is -0.411 e. The van der Waals surface area contributed by atoms with E-state index in [1.54, 1.807) is 0 Å². The van der Waals surface area contributed by atoms with Crippen LogP contribution in [0.4, 0.5) is 0 Å². The topological polar surface area (TPSA) is 50.4 Å². The van der Waals surface area contributed by atoms with Crippen LogP contribution in [0, 0.1) is 25.7 Å². The highest BCUT2D eigenvalue weighted by Crippen LogP contribution is 2.48. The van der Waals surface area contributed by atoms with E-state index in [0.29, 0.717) is 11.8 Å². The summed E-state index contributed by atoms with van der Waals surface area (Å²) in [5.41, 5.74) is 3.15. The van der Waals surface area contributed by atoms with Crippen LogP contribution in [0.1, 0.15) is 36.7 Å². The van der Waals surface area contributed by atoms with E-state index in [1.807, 2.05) is 11.6 Å². The largest absolute Gasteiger partial charge is 0.411 e. The first-order chi connectivity index (χ1) is 7.70. The molecule has 2 aliphatic carbocycles. The zero-order chi connectivity index (χ0) is 11.3. The Morgan fingerprint density at radius 3 is 2.88 bits per heavy atom. The summed E-state index contributed by atoms with van der Waals surface area (Å²) in [5.74, 6) is 1.11. The second kappa shape index (κ2) is 3.34. The van der Waals surface area contributed by atoms with Gasteiger partial charge in [0.05, 0.1) is 17.4 Å². The lowest BCUT2D eigenvalue weighted by molar-refractivity contribution is 0.304. The fraction of sp³-hybridized carbons (Fsp3) is 0.667. The summed E-state index contributed by atoms with van der Waals surface area (Å²) in [6.45, 7) is 4.08. The van der Waals surface area contributed by atoms with Crippen LogP contribution in [0.25, 0.3) is 0 Å². The van der Waals surface area contributed by atoms with Gasteiger partial charge < -0.3 is 5.21 Å². The molecule has 0 spiro atoms. The van der Waals surface area contributed by atoms with Crippen LogP contribution in [0.5, 0.6) is 0 Å². The molecule has 2 fully saturated rings. The van der Waals surface area contributed by atoms with Crippen LogP contribution in [0.2, 0.25) is 0 Å². The SMILES string of the molecule is Cc1cc(C)n([C@H]2/C(=N\O)[C@H]3CC[C@@H]2C3)n1. The van der Waals surface area contributed by atoms with Gasteiger partial charge in [-0.05, 0) is 45.1 Å². The van der Waals surface area contributed by atoms with Crippen LogP contribution in [0.3, 0.4) is 0 Å². The standard InChI is InChI=1S/C12H17N3O/c1-7-5-8(2)15(13-7)12-10-4-3-9(6-10)11(12)14-16/h5,9-10,12,16H,3-4,6H2,1-2H3/b14-11-/t9-,10+,12+/m0/s1. The summed E-state index contributed by atoms with van der Waals surface area (Å²) in [6.07, 6.45) is 3.59. The number of aromatic nitrogens is 2. The Balaban J connectivity index is 2.03. The van der Waals surface area contributed by atoms with E-state index in [0.717, 1.165) is 17.1 Å². The second-order valence-electron chi connectivity index (χ2n) is 5.11. The average Bonchev–Trinajstić information content (AvgIpc) is 2.91. The number of nitrogens with zero attached hydrogens (tertiary/aromatic N) is 3. The van der Waals surface area contributed by atoms with Crippen molar-refractivity contribution < 1.29 is 5.21 Å². The van der Waals surface area contributed by atoms with E-state index >= 15 is 0 Å². The summed E-state index contributed by atoms with van der Waals surface area (Å²) >= 11 is 0. The van der Waals surface area contributed by atoms with Gasteiger partial charge >= 0.3 is 0 Å². The van der Waals surface area contributed by atoms with Crippen molar-refractivity contribution in [2.45, 2.75) is 39.2 Å². The Morgan fingerprint density at radius 2 is 2.25 bits per heavy atom. The highest BCUT2D eigenvalue weighted by Gasteiger charge is 2.47. The smallest absolute Gasteiger partial charge is 0.0967 e. The van der Waals surface area contributed by atoms with Crippen molar-refractivity contribution in [2.75, 3.05) is 0 Å². The molecule has 0 radical (unpaired) electrons. The Labute approximate surface area is 95.0 Å². The van der Waals surface area contributed by atoms with Gasteiger partial charge in [-0.1, -0.05) is 5.16 Å².